The van der Waals surface area contributed by atoms with Crippen molar-refractivity contribution in [3.8, 4) is 0 Å². The molecule has 0 aromatic carbocycles. The Hall–Kier alpha value is 0.214. The van der Waals surface area contributed by atoms with E-state index in [-0.39, 0.29) is 34.1 Å². The van der Waals surface area contributed by atoms with E-state index in [1.807, 2.05) is 0 Å². The van der Waals surface area contributed by atoms with Crippen molar-refractivity contribution in [3.05, 3.63) is 12.7 Å². The number of rotatable bonds is 1. The fourth-order valence-corrected chi connectivity index (χ4v) is 0. The van der Waals surface area contributed by atoms with Crippen molar-refractivity contribution in [2.75, 3.05) is 0 Å². The summed E-state index contributed by atoms with van der Waals surface area (Å²) < 4.78 is 0. The number of hydrogen-bond acceptors (Lipinski definition) is 2. The van der Waals surface area contributed by atoms with Crippen LogP contribution >= 0.6 is 0 Å². The first-order chi connectivity index (χ1) is 2.27. The molecule has 0 atom stereocenters. The van der Waals surface area contributed by atoms with Gasteiger partial charge in [-0.15, -0.1) is 0 Å². The van der Waals surface area contributed by atoms with Crippen molar-refractivity contribution in [2.45, 2.75) is 0 Å². The number of aliphatic carboxylic acids is 1. The molecule has 0 bridgehead atoms. The second-order valence-corrected chi connectivity index (χ2v) is 0.523. The second-order valence-electron chi connectivity index (χ2n) is 0.523. The summed E-state index contributed by atoms with van der Waals surface area (Å²) in [6.07, 6.45) is 0.722. The zero-order valence-corrected chi connectivity index (χ0v) is 5.80. The van der Waals surface area contributed by atoms with Gasteiger partial charge in [0, 0.05) is 0 Å². The second kappa shape index (κ2) is 9.51. The van der Waals surface area contributed by atoms with E-state index < -0.39 is 5.97 Å². The summed E-state index contributed by atoms with van der Waals surface area (Å²) in [5.74, 6) is -1.23. The molecule has 38 valence electrons. The SMILES string of the molecule is C=CC(=O)[O-].[Cl-].[Ti+2]. The summed E-state index contributed by atoms with van der Waals surface area (Å²) in [6.45, 7) is 2.90. The van der Waals surface area contributed by atoms with Gasteiger partial charge in [0.15, 0.2) is 0 Å². The van der Waals surface area contributed by atoms with Gasteiger partial charge < -0.3 is 22.3 Å². The minimum Gasteiger partial charge on any atom is -1.00 e. The van der Waals surface area contributed by atoms with Crippen LogP contribution in [-0.4, -0.2) is 5.97 Å². The molecule has 0 amide bonds. The Balaban J connectivity index is -0.0000000800. The van der Waals surface area contributed by atoms with Crippen LogP contribution in [0.4, 0.5) is 0 Å². The number of carbonyl (C=O) groups is 1. The van der Waals surface area contributed by atoms with Crippen molar-refractivity contribution >= 4 is 5.97 Å². The van der Waals surface area contributed by atoms with Crippen LogP contribution in [-0.2, 0) is 26.5 Å². The maximum absolute atomic E-state index is 9.14. The molecule has 0 radical (unpaired) electrons. The van der Waals surface area contributed by atoms with E-state index in [2.05, 4.69) is 6.58 Å². The third-order valence-electron chi connectivity index (χ3n) is 0.167. The molecular weight excluding hydrogens is 151 g/mol. The molecule has 0 N–H and O–H groups in total. The third kappa shape index (κ3) is 22.5. The third-order valence-corrected chi connectivity index (χ3v) is 0.167. The van der Waals surface area contributed by atoms with Gasteiger partial charge in [-0.25, -0.2) is 0 Å². The van der Waals surface area contributed by atoms with E-state index >= 15 is 0 Å². The summed E-state index contributed by atoms with van der Waals surface area (Å²) in [7, 11) is 0. The fourth-order valence-electron chi connectivity index (χ4n) is 0. The fraction of sp³-hybridized carbons (Fsp3) is 0. The average Bonchev–Trinajstić information content (AvgIpc) is 1.38. The molecule has 0 fully saturated rings. The number of carboxylic acid groups (broad SMARTS) is 1. The molecule has 0 spiro atoms. The number of halogens is 1. The molecule has 0 aliphatic carbocycles. The topological polar surface area (TPSA) is 40.1 Å². The first-order valence-corrected chi connectivity index (χ1v) is 1.11. The van der Waals surface area contributed by atoms with Crippen LogP contribution in [0.2, 0.25) is 0 Å². The Labute approximate surface area is 62.9 Å². The van der Waals surface area contributed by atoms with Crippen LogP contribution in [0.3, 0.4) is 0 Å². The van der Waals surface area contributed by atoms with Crippen LogP contribution in [0.25, 0.3) is 0 Å². The molecule has 2 nitrogen and oxygen atoms in total. The van der Waals surface area contributed by atoms with Gasteiger partial charge >= 0.3 is 21.7 Å². The van der Waals surface area contributed by atoms with Gasteiger partial charge in [-0.05, 0) is 6.08 Å². The summed E-state index contributed by atoms with van der Waals surface area (Å²) in [5.41, 5.74) is 0. The van der Waals surface area contributed by atoms with Crippen LogP contribution in [0, 0.1) is 0 Å². The summed E-state index contributed by atoms with van der Waals surface area (Å²) in [4.78, 5) is 9.14. The Morgan fingerprint density at radius 3 is 1.86 bits per heavy atom. The van der Waals surface area contributed by atoms with Crippen LogP contribution in [0.15, 0.2) is 12.7 Å². The first kappa shape index (κ1) is 15.7. The largest absolute Gasteiger partial charge is 2.00 e. The van der Waals surface area contributed by atoms with Crippen molar-refractivity contribution in [1.82, 2.24) is 0 Å². The molecule has 0 aromatic rings. The van der Waals surface area contributed by atoms with E-state index in [0.717, 1.165) is 6.08 Å². The molecule has 0 aliphatic rings. The smallest absolute Gasteiger partial charge is 1.00 e. The summed E-state index contributed by atoms with van der Waals surface area (Å²) in [5, 5.41) is 9.14. The molecule has 7 heavy (non-hydrogen) atoms. The van der Waals surface area contributed by atoms with Crippen molar-refractivity contribution in [2.24, 2.45) is 0 Å². The maximum Gasteiger partial charge on any atom is 2.00 e. The molecular formula is C3H3ClO2Ti. The van der Waals surface area contributed by atoms with Crippen LogP contribution in [0.5, 0.6) is 0 Å². The van der Waals surface area contributed by atoms with Crippen molar-refractivity contribution in [3.63, 3.8) is 0 Å². The van der Waals surface area contributed by atoms with Crippen molar-refractivity contribution in [1.29, 1.82) is 0 Å². The molecule has 0 saturated heterocycles. The number of carboxylic acids is 1. The van der Waals surface area contributed by atoms with E-state index in [0.29, 0.717) is 0 Å². The van der Waals surface area contributed by atoms with Gasteiger partial charge in [0.05, 0.1) is 5.97 Å². The number of carbonyl (C=O) groups excluding carboxylic acids is 1. The van der Waals surface area contributed by atoms with Gasteiger partial charge in [-0.1, -0.05) is 6.58 Å². The monoisotopic (exact) mass is 154 g/mol. The van der Waals surface area contributed by atoms with Gasteiger partial charge in [0.2, 0.25) is 0 Å². The molecule has 0 aromatic heterocycles. The first-order valence-electron chi connectivity index (χ1n) is 1.11. The minimum absolute atomic E-state index is 0. The Bertz CT molecular complexity index is 64.0. The van der Waals surface area contributed by atoms with E-state index in [1.54, 1.807) is 0 Å². The molecule has 0 unspecified atom stereocenters. The Morgan fingerprint density at radius 1 is 1.71 bits per heavy atom. The van der Waals surface area contributed by atoms with E-state index in [1.165, 1.54) is 0 Å². The van der Waals surface area contributed by atoms with Gasteiger partial charge in [-0.2, -0.15) is 0 Å². The molecule has 0 rings (SSSR count). The van der Waals surface area contributed by atoms with E-state index in [9.17, 15) is 0 Å². The average molecular weight is 154 g/mol. The number of hydrogen-bond donors (Lipinski definition) is 0. The normalized spacial score (nSPS) is 4.57. The molecule has 0 aliphatic heterocycles. The van der Waals surface area contributed by atoms with Gasteiger partial charge in [0.25, 0.3) is 0 Å². The Kier molecular flexibility index (Phi) is 21.3. The zero-order chi connectivity index (χ0) is 4.28. The summed E-state index contributed by atoms with van der Waals surface area (Å²) >= 11 is 0. The maximum atomic E-state index is 9.14. The predicted molar refractivity (Wildman–Crippen MR) is 15.2 cm³/mol. The predicted octanol–water partition coefficient (Wildman–Crippen LogP) is -4.08. The molecule has 0 saturated carbocycles. The van der Waals surface area contributed by atoms with Crippen molar-refractivity contribution < 1.29 is 44.0 Å². The zero-order valence-electron chi connectivity index (χ0n) is 3.48. The standard InChI is InChI=1S/C3H4O2.ClH.Ti/c1-2-3(4)5;;/h2H,1H2,(H,4,5);1H;/q;;+2/p-2. The van der Waals surface area contributed by atoms with Crippen LogP contribution < -0.4 is 17.5 Å². The van der Waals surface area contributed by atoms with Gasteiger partial charge in [0.1, 0.15) is 0 Å². The molecule has 4 heteroatoms. The quantitative estimate of drug-likeness (QED) is 0.285. The van der Waals surface area contributed by atoms with E-state index in [4.69, 9.17) is 9.90 Å². The minimum atomic E-state index is -1.23. The Morgan fingerprint density at radius 2 is 1.86 bits per heavy atom. The molecule has 0 heterocycles. The van der Waals surface area contributed by atoms with Crippen LogP contribution in [0.1, 0.15) is 0 Å². The van der Waals surface area contributed by atoms with Gasteiger partial charge in [-0.3, -0.25) is 0 Å². The summed E-state index contributed by atoms with van der Waals surface area (Å²) in [6, 6.07) is 0.